The molecular weight excluding hydrogens is 345 g/mol. The summed E-state index contributed by atoms with van der Waals surface area (Å²) in [5, 5.41) is 4.30. The van der Waals surface area contributed by atoms with Crippen LogP contribution in [0.1, 0.15) is 33.2 Å². The van der Waals surface area contributed by atoms with E-state index in [1.807, 2.05) is 37.8 Å². The van der Waals surface area contributed by atoms with E-state index in [0.29, 0.717) is 6.54 Å². The molecule has 1 aromatic heterocycles. The fourth-order valence-corrected chi connectivity index (χ4v) is 2.37. The van der Waals surface area contributed by atoms with Gasteiger partial charge in [0.2, 0.25) is 0 Å². The molecule has 2 rings (SSSR count). The van der Waals surface area contributed by atoms with Crippen molar-refractivity contribution in [1.29, 1.82) is 0 Å². The molecule has 0 N–H and O–H groups in total. The summed E-state index contributed by atoms with van der Waals surface area (Å²) in [6, 6.07) is 0.265. The summed E-state index contributed by atoms with van der Waals surface area (Å²) in [6.45, 7) is 7.06. The van der Waals surface area contributed by atoms with Gasteiger partial charge in [-0.05, 0) is 49.8 Å². The highest BCUT2D eigenvalue weighted by Crippen LogP contribution is 2.23. The van der Waals surface area contributed by atoms with Gasteiger partial charge in [-0.15, -0.1) is 0 Å². The van der Waals surface area contributed by atoms with Crippen molar-refractivity contribution >= 4 is 28.7 Å². The lowest BCUT2D eigenvalue weighted by atomic mass is 10.2. The summed E-state index contributed by atoms with van der Waals surface area (Å²) in [7, 11) is 0. The molecule has 1 fully saturated rings. The maximum absolute atomic E-state index is 11.9. The summed E-state index contributed by atoms with van der Waals surface area (Å²) < 4.78 is 8.42. The molecule has 1 aliphatic heterocycles. The number of nitrogens with zero attached hydrogens (tertiary/aromatic N) is 3. The summed E-state index contributed by atoms with van der Waals surface area (Å²) in [6.07, 6.45) is 4.53. The number of rotatable bonds is 1. The van der Waals surface area contributed by atoms with Gasteiger partial charge in [-0.25, -0.2) is 4.79 Å². The summed E-state index contributed by atoms with van der Waals surface area (Å²) >= 11 is 2.23. The number of amides is 1. The maximum atomic E-state index is 11.9. The van der Waals surface area contributed by atoms with Gasteiger partial charge < -0.3 is 9.64 Å². The van der Waals surface area contributed by atoms with Gasteiger partial charge in [0, 0.05) is 19.3 Å². The number of ether oxygens (including phenoxy) is 1. The van der Waals surface area contributed by atoms with Gasteiger partial charge in [0.25, 0.3) is 0 Å². The highest BCUT2D eigenvalue weighted by molar-refractivity contribution is 14.1. The zero-order valence-electron chi connectivity index (χ0n) is 10.9. The number of likely N-dealkylation sites (tertiary alicyclic amines) is 1. The maximum Gasteiger partial charge on any atom is 0.410 e. The summed E-state index contributed by atoms with van der Waals surface area (Å²) in [4.78, 5) is 13.7. The Labute approximate surface area is 121 Å². The van der Waals surface area contributed by atoms with Crippen molar-refractivity contribution in [3.8, 4) is 0 Å². The van der Waals surface area contributed by atoms with Crippen molar-refractivity contribution in [2.45, 2.75) is 38.8 Å². The molecule has 1 aromatic rings. The van der Waals surface area contributed by atoms with Crippen LogP contribution in [0.15, 0.2) is 12.4 Å². The van der Waals surface area contributed by atoms with E-state index in [1.54, 1.807) is 4.90 Å². The lowest BCUT2D eigenvalue weighted by molar-refractivity contribution is 0.0288. The van der Waals surface area contributed by atoms with E-state index in [4.69, 9.17) is 4.74 Å². The molecule has 0 aliphatic carbocycles. The van der Waals surface area contributed by atoms with Crippen molar-refractivity contribution in [2.24, 2.45) is 0 Å². The number of aromatic nitrogens is 2. The van der Waals surface area contributed by atoms with Gasteiger partial charge in [0.05, 0.1) is 15.8 Å². The Kier molecular flexibility index (Phi) is 3.84. The molecule has 100 valence electrons. The van der Waals surface area contributed by atoms with E-state index in [-0.39, 0.29) is 12.1 Å². The van der Waals surface area contributed by atoms with Crippen LogP contribution in [0.2, 0.25) is 0 Å². The predicted octanol–water partition coefficient (Wildman–Crippen LogP) is 2.67. The summed E-state index contributed by atoms with van der Waals surface area (Å²) in [5.74, 6) is 0. The molecule has 18 heavy (non-hydrogen) atoms. The van der Waals surface area contributed by atoms with E-state index in [2.05, 4.69) is 27.7 Å². The van der Waals surface area contributed by atoms with Crippen molar-refractivity contribution < 1.29 is 9.53 Å². The quantitative estimate of drug-likeness (QED) is 0.721. The average Bonchev–Trinajstić information content (AvgIpc) is 2.82. The molecule has 0 spiro atoms. The molecule has 0 radical (unpaired) electrons. The average molecular weight is 363 g/mol. The first-order chi connectivity index (χ1) is 8.35. The van der Waals surface area contributed by atoms with E-state index in [9.17, 15) is 4.79 Å². The highest BCUT2D eigenvalue weighted by Gasteiger charge is 2.30. The zero-order chi connectivity index (χ0) is 13.3. The van der Waals surface area contributed by atoms with Crippen molar-refractivity contribution in [2.75, 3.05) is 13.1 Å². The van der Waals surface area contributed by atoms with E-state index >= 15 is 0 Å². The Morgan fingerprint density at radius 1 is 1.56 bits per heavy atom. The molecule has 1 aliphatic rings. The van der Waals surface area contributed by atoms with E-state index in [0.717, 1.165) is 16.5 Å². The molecule has 1 saturated heterocycles. The van der Waals surface area contributed by atoms with Gasteiger partial charge in [-0.2, -0.15) is 5.10 Å². The third-order valence-corrected chi connectivity index (χ3v) is 3.32. The van der Waals surface area contributed by atoms with Crippen molar-refractivity contribution in [3.05, 3.63) is 16.0 Å². The molecule has 0 bridgehead atoms. The molecular formula is C12H18IN3O2. The Balaban J connectivity index is 1.94. The smallest absolute Gasteiger partial charge is 0.410 e. The predicted molar refractivity (Wildman–Crippen MR) is 76.4 cm³/mol. The molecule has 5 nitrogen and oxygen atoms in total. The standard InChI is InChI=1S/C12H18IN3O2/c1-12(2,3)18-11(17)15-5-4-10(8-15)16-7-9(13)6-14-16/h6-7,10H,4-5,8H2,1-3H3/t10-/m0/s1. The first-order valence-electron chi connectivity index (χ1n) is 6.03. The van der Waals surface area contributed by atoms with Gasteiger partial charge in [-0.3, -0.25) is 4.68 Å². The number of hydrogen-bond acceptors (Lipinski definition) is 3. The van der Waals surface area contributed by atoms with E-state index in [1.165, 1.54) is 0 Å². The minimum absolute atomic E-state index is 0.230. The number of carbonyl (C=O) groups excluding carboxylic acids is 1. The van der Waals surface area contributed by atoms with Gasteiger partial charge in [0.15, 0.2) is 0 Å². The fraction of sp³-hybridized carbons (Fsp3) is 0.667. The summed E-state index contributed by atoms with van der Waals surface area (Å²) in [5.41, 5.74) is -0.434. The minimum atomic E-state index is -0.434. The SMILES string of the molecule is CC(C)(C)OC(=O)N1CC[C@H](n2cc(I)cn2)C1. The van der Waals surface area contributed by atoms with Crippen LogP contribution in [0.25, 0.3) is 0 Å². The molecule has 6 heteroatoms. The molecule has 1 atom stereocenters. The van der Waals surface area contributed by atoms with Crippen LogP contribution in [0.5, 0.6) is 0 Å². The lowest BCUT2D eigenvalue weighted by Crippen LogP contribution is -2.35. The Morgan fingerprint density at radius 3 is 2.83 bits per heavy atom. The second kappa shape index (κ2) is 5.07. The Morgan fingerprint density at radius 2 is 2.28 bits per heavy atom. The fourth-order valence-electron chi connectivity index (χ4n) is 1.96. The van der Waals surface area contributed by atoms with Gasteiger partial charge >= 0.3 is 6.09 Å². The Bertz CT molecular complexity index is 439. The first-order valence-corrected chi connectivity index (χ1v) is 7.10. The van der Waals surface area contributed by atoms with E-state index < -0.39 is 5.60 Å². The normalized spacial score (nSPS) is 20.2. The highest BCUT2D eigenvalue weighted by atomic mass is 127. The van der Waals surface area contributed by atoms with Gasteiger partial charge in [0.1, 0.15) is 5.60 Å². The van der Waals surface area contributed by atoms with Crippen LogP contribution in [0.3, 0.4) is 0 Å². The largest absolute Gasteiger partial charge is 0.444 e. The molecule has 0 unspecified atom stereocenters. The van der Waals surface area contributed by atoms with Crippen molar-refractivity contribution in [3.63, 3.8) is 0 Å². The van der Waals surface area contributed by atoms with Crippen LogP contribution in [-0.2, 0) is 4.74 Å². The van der Waals surface area contributed by atoms with Crippen LogP contribution in [-0.4, -0.2) is 39.5 Å². The van der Waals surface area contributed by atoms with Crippen molar-refractivity contribution in [1.82, 2.24) is 14.7 Å². The molecule has 2 heterocycles. The topological polar surface area (TPSA) is 47.4 Å². The van der Waals surface area contributed by atoms with Gasteiger partial charge in [-0.1, -0.05) is 0 Å². The molecule has 0 aromatic carbocycles. The monoisotopic (exact) mass is 363 g/mol. The second-order valence-electron chi connectivity index (χ2n) is 5.51. The third-order valence-electron chi connectivity index (χ3n) is 2.76. The zero-order valence-corrected chi connectivity index (χ0v) is 13.0. The lowest BCUT2D eigenvalue weighted by Gasteiger charge is -2.24. The van der Waals surface area contributed by atoms with Crippen LogP contribution < -0.4 is 0 Å². The first kappa shape index (κ1) is 13.6. The second-order valence-corrected chi connectivity index (χ2v) is 6.75. The minimum Gasteiger partial charge on any atom is -0.444 e. The van der Waals surface area contributed by atoms with Crippen LogP contribution >= 0.6 is 22.6 Å². The number of carbonyl (C=O) groups is 1. The Hall–Kier alpha value is -0.790. The van der Waals surface area contributed by atoms with Crippen LogP contribution in [0, 0.1) is 3.57 Å². The number of hydrogen-bond donors (Lipinski definition) is 0. The van der Waals surface area contributed by atoms with Crippen LogP contribution in [0.4, 0.5) is 4.79 Å². The molecule has 1 amide bonds. The molecule has 0 saturated carbocycles. The third kappa shape index (κ3) is 3.37. The number of halogens is 1.